The Morgan fingerprint density at radius 3 is 2.74 bits per heavy atom. The first-order valence-electron chi connectivity index (χ1n) is 7.69. The van der Waals surface area contributed by atoms with Gasteiger partial charge in [-0.25, -0.2) is 0 Å². The zero-order chi connectivity index (χ0) is 13.5. The molecule has 0 aromatic heterocycles. The van der Waals surface area contributed by atoms with Crippen molar-refractivity contribution in [2.24, 2.45) is 5.92 Å². The summed E-state index contributed by atoms with van der Waals surface area (Å²) in [7, 11) is 0. The molecule has 0 saturated heterocycles. The molecule has 0 spiro atoms. The Morgan fingerprint density at radius 2 is 2.00 bits per heavy atom. The Morgan fingerprint density at radius 1 is 1.26 bits per heavy atom. The van der Waals surface area contributed by atoms with Crippen LogP contribution in [0.25, 0.3) is 0 Å². The van der Waals surface area contributed by atoms with Gasteiger partial charge in [-0.1, -0.05) is 49.9 Å². The van der Waals surface area contributed by atoms with Gasteiger partial charge in [-0.2, -0.15) is 0 Å². The fraction of sp³-hybridized carbons (Fsp3) is 0.647. The van der Waals surface area contributed by atoms with Crippen molar-refractivity contribution in [3.8, 4) is 0 Å². The van der Waals surface area contributed by atoms with Crippen molar-refractivity contribution in [2.45, 2.75) is 51.6 Å². The fourth-order valence-corrected chi connectivity index (χ4v) is 3.10. The van der Waals surface area contributed by atoms with Crippen LogP contribution in [0.1, 0.15) is 43.2 Å². The van der Waals surface area contributed by atoms with E-state index in [1.807, 2.05) is 0 Å². The van der Waals surface area contributed by atoms with Crippen molar-refractivity contribution < 1.29 is 5.11 Å². The van der Waals surface area contributed by atoms with Gasteiger partial charge in [0.05, 0.1) is 6.10 Å². The van der Waals surface area contributed by atoms with Crippen molar-refractivity contribution >= 4 is 0 Å². The van der Waals surface area contributed by atoms with E-state index in [1.165, 1.54) is 36.8 Å². The highest BCUT2D eigenvalue weighted by molar-refractivity contribution is 5.25. The maximum Gasteiger partial charge on any atom is 0.0667 e. The lowest BCUT2D eigenvalue weighted by Gasteiger charge is -2.16. The van der Waals surface area contributed by atoms with Crippen LogP contribution in [0.2, 0.25) is 0 Å². The average molecular weight is 261 g/mol. The van der Waals surface area contributed by atoms with Crippen LogP contribution in [0.4, 0.5) is 0 Å². The number of aliphatic hydroxyl groups is 1. The van der Waals surface area contributed by atoms with Crippen molar-refractivity contribution in [1.82, 2.24) is 5.32 Å². The SMILES string of the molecule is Cc1ccccc1CCNCC(O)CC1CCCC1. The summed E-state index contributed by atoms with van der Waals surface area (Å²) in [6.07, 6.45) is 7.22. The molecule has 0 heterocycles. The summed E-state index contributed by atoms with van der Waals surface area (Å²) in [5.41, 5.74) is 2.76. The van der Waals surface area contributed by atoms with Gasteiger partial charge in [0.25, 0.3) is 0 Å². The van der Waals surface area contributed by atoms with E-state index < -0.39 is 0 Å². The number of aryl methyl sites for hydroxylation is 1. The summed E-state index contributed by atoms with van der Waals surface area (Å²) in [6.45, 7) is 3.85. The highest BCUT2D eigenvalue weighted by Crippen LogP contribution is 2.28. The number of aliphatic hydroxyl groups excluding tert-OH is 1. The molecule has 1 aromatic carbocycles. The van der Waals surface area contributed by atoms with Gasteiger partial charge in [-0.3, -0.25) is 0 Å². The molecule has 106 valence electrons. The molecule has 2 heteroatoms. The van der Waals surface area contributed by atoms with Crippen molar-refractivity contribution in [1.29, 1.82) is 0 Å². The maximum atomic E-state index is 10.00. The molecule has 1 saturated carbocycles. The molecule has 2 rings (SSSR count). The molecule has 1 aromatic rings. The summed E-state index contributed by atoms with van der Waals surface area (Å²) >= 11 is 0. The minimum absolute atomic E-state index is 0.167. The van der Waals surface area contributed by atoms with E-state index in [0.717, 1.165) is 31.8 Å². The monoisotopic (exact) mass is 261 g/mol. The molecule has 1 aliphatic rings. The first-order chi connectivity index (χ1) is 9.25. The lowest BCUT2D eigenvalue weighted by molar-refractivity contribution is 0.141. The molecule has 1 fully saturated rings. The number of hydrogen-bond acceptors (Lipinski definition) is 2. The molecule has 2 N–H and O–H groups in total. The standard InChI is InChI=1S/C17H27NO/c1-14-6-2-5-9-16(14)10-11-18-13-17(19)12-15-7-3-4-8-15/h2,5-6,9,15,17-19H,3-4,7-8,10-13H2,1H3. The Labute approximate surface area is 117 Å². The van der Waals surface area contributed by atoms with Crippen LogP contribution in [-0.4, -0.2) is 24.3 Å². The number of benzene rings is 1. The maximum absolute atomic E-state index is 10.00. The van der Waals surface area contributed by atoms with Crippen molar-refractivity contribution in [2.75, 3.05) is 13.1 Å². The second-order valence-electron chi connectivity index (χ2n) is 5.92. The van der Waals surface area contributed by atoms with Gasteiger partial charge >= 0.3 is 0 Å². The number of nitrogens with one attached hydrogen (secondary N) is 1. The summed E-state index contributed by atoms with van der Waals surface area (Å²) in [4.78, 5) is 0. The van der Waals surface area contributed by atoms with E-state index in [2.05, 4.69) is 36.5 Å². The van der Waals surface area contributed by atoms with E-state index in [-0.39, 0.29) is 6.10 Å². The summed E-state index contributed by atoms with van der Waals surface area (Å²) in [5, 5.41) is 13.4. The predicted molar refractivity (Wildman–Crippen MR) is 80.3 cm³/mol. The van der Waals surface area contributed by atoms with Crippen molar-refractivity contribution in [3.63, 3.8) is 0 Å². The molecular weight excluding hydrogens is 234 g/mol. The van der Waals surface area contributed by atoms with Crippen LogP contribution >= 0.6 is 0 Å². The van der Waals surface area contributed by atoms with Gasteiger partial charge in [-0.15, -0.1) is 0 Å². The minimum atomic E-state index is -0.167. The minimum Gasteiger partial charge on any atom is -0.392 e. The van der Waals surface area contributed by atoms with Crippen LogP contribution in [0.5, 0.6) is 0 Å². The number of rotatable bonds is 7. The molecular formula is C17H27NO. The first kappa shape index (κ1) is 14.5. The van der Waals surface area contributed by atoms with E-state index in [1.54, 1.807) is 0 Å². The van der Waals surface area contributed by atoms with E-state index in [4.69, 9.17) is 0 Å². The summed E-state index contributed by atoms with van der Waals surface area (Å²) in [5.74, 6) is 0.771. The molecule has 0 amide bonds. The normalized spacial score (nSPS) is 17.8. The Bertz CT molecular complexity index is 371. The molecule has 0 radical (unpaired) electrons. The Kier molecular flexibility index (Phi) is 5.87. The highest BCUT2D eigenvalue weighted by atomic mass is 16.3. The van der Waals surface area contributed by atoms with E-state index in [9.17, 15) is 5.11 Å². The predicted octanol–water partition coefficient (Wildman–Crippen LogP) is 3.07. The van der Waals surface area contributed by atoms with Crippen LogP contribution in [-0.2, 0) is 6.42 Å². The van der Waals surface area contributed by atoms with Gasteiger partial charge in [0.1, 0.15) is 0 Å². The van der Waals surface area contributed by atoms with Gasteiger partial charge in [-0.05, 0) is 43.4 Å². The molecule has 0 bridgehead atoms. The summed E-state index contributed by atoms with van der Waals surface area (Å²) < 4.78 is 0. The highest BCUT2D eigenvalue weighted by Gasteiger charge is 2.18. The van der Waals surface area contributed by atoms with Gasteiger partial charge in [0.15, 0.2) is 0 Å². The topological polar surface area (TPSA) is 32.3 Å². The van der Waals surface area contributed by atoms with E-state index in [0.29, 0.717) is 0 Å². The lowest BCUT2D eigenvalue weighted by Crippen LogP contribution is -2.29. The fourth-order valence-electron chi connectivity index (χ4n) is 3.10. The quantitative estimate of drug-likeness (QED) is 0.739. The third-order valence-corrected chi connectivity index (χ3v) is 4.29. The average Bonchev–Trinajstić information content (AvgIpc) is 2.89. The zero-order valence-electron chi connectivity index (χ0n) is 12.1. The van der Waals surface area contributed by atoms with Crippen LogP contribution in [0.3, 0.4) is 0 Å². The third-order valence-electron chi connectivity index (χ3n) is 4.29. The van der Waals surface area contributed by atoms with Gasteiger partial charge < -0.3 is 10.4 Å². The Balaban J connectivity index is 1.59. The molecule has 1 atom stereocenters. The molecule has 0 aliphatic heterocycles. The van der Waals surface area contributed by atoms with Crippen LogP contribution in [0.15, 0.2) is 24.3 Å². The van der Waals surface area contributed by atoms with E-state index >= 15 is 0 Å². The van der Waals surface area contributed by atoms with Crippen LogP contribution < -0.4 is 5.32 Å². The van der Waals surface area contributed by atoms with Gasteiger partial charge in [0.2, 0.25) is 0 Å². The van der Waals surface area contributed by atoms with Crippen molar-refractivity contribution in [3.05, 3.63) is 35.4 Å². The molecule has 2 nitrogen and oxygen atoms in total. The smallest absolute Gasteiger partial charge is 0.0667 e. The van der Waals surface area contributed by atoms with Gasteiger partial charge in [0, 0.05) is 6.54 Å². The third kappa shape index (κ3) is 4.96. The second-order valence-corrected chi connectivity index (χ2v) is 5.92. The zero-order valence-corrected chi connectivity index (χ0v) is 12.1. The molecule has 1 unspecified atom stereocenters. The Hall–Kier alpha value is -0.860. The molecule has 1 aliphatic carbocycles. The first-order valence-corrected chi connectivity index (χ1v) is 7.69. The second kappa shape index (κ2) is 7.66. The summed E-state index contributed by atoms with van der Waals surface area (Å²) in [6, 6.07) is 8.52. The van der Waals surface area contributed by atoms with Crippen LogP contribution in [0, 0.1) is 12.8 Å². The largest absolute Gasteiger partial charge is 0.392 e. The number of hydrogen-bond donors (Lipinski definition) is 2. The molecule has 19 heavy (non-hydrogen) atoms. The lowest BCUT2D eigenvalue weighted by atomic mass is 10.00.